The maximum Gasteiger partial charge on any atom is 0.406 e. The van der Waals surface area contributed by atoms with Crippen LogP contribution >= 0.6 is 11.6 Å². The fourth-order valence-electron chi connectivity index (χ4n) is 4.62. The van der Waals surface area contributed by atoms with Gasteiger partial charge in [0.1, 0.15) is 10.7 Å². The Morgan fingerprint density at radius 3 is 2.55 bits per heavy atom. The van der Waals surface area contributed by atoms with Crippen molar-refractivity contribution in [2.24, 2.45) is 5.92 Å². The maximum absolute atomic E-state index is 14.5. The lowest BCUT2D eigenvalue weighted by molar-refractivity contribution is -0.198. The van der Waals surface area contributed by atoms with Crippen molar-refractivity contribution in [2.45, 2.75) is 37.5 Å². The van der Waals surface area contributed by atoms with Crippen LogP contribution in [0.15, 0.2) is 35.3 Å². The van der Waals surface area contributed by atoms with Crippen molar-refractivity contribution < 1.29 is 26.7 Å². The Bertz CT molecular complexity index is 1300. The first-order valence-corrected chi connectivity index (χ1v) is 10.3. The van der Waals surface area contributed by atoms with Crippen LogP contribution in [0.3, 0.4) is 0 Å². The van der Waals surface area contributed by atoms with Gasteiger partial charge in [0.05, 0.1) is 24.1 Å². The third-order valence-electron chi connectivity index (χ3n) is 6.55. The average molecular weight is 488 g/mol. The normalized spacial score (nSPS) is 25.5. The summed E-state index contributed by atoms with van der Waals surface area (Å²) in [5.41, 5.74) is -2.49. The number of nitrogens with zero attached hydrogens (tertiary/aromatic N) is 1. The highest BCUT2D eigenvalue weighted by Gasteiger charge is 2.63. The number of pyridine rings is 2. The zero-order chi connectivity index (χ0) is 24.3. The number of fused-ring (bicyclic) bond motifs is 1. The Labute approximate surface area is 189 Å². The number of H-pyrrole nitrogens is 1. The molecule has 2 N–H and O–H groups in total. The molecule has 5 nitrogen and oxygen atoms in total. The molecule has 1 aromatic carbocycles. The molecule has 4 unspecified atom stereocenters. The number of methoxy groups -OCH3 is 1. The molecule has 1 saturated heterocycles. The highest BCUT2D eigenvalue weighted by Crippen LogP contribution is 2.55. The molecule has 0 aliphatic carbocycles. The summed E-state index contributed by atoms with van der Waals surface area (Å²) in [5.74, 6) is -5.16. The van der Waals surface area contributed by atoms with Crippen LogP contribution in [0.25, 0.3) is 10.9 Å². The molecule has 0 saturated carbocycles. The number of nitrogens with one attached hydrogen (secondary N) is 2. The van der Waals surface area contributed by atoms with E-state index in [9.17, 15) is 26.7 Å². The molecule has 1 aliphatic heterocycles. The lowest BCUT2D eigenvalue weighted by atomic mass is 9.76. The molecule has 33 heavy (non-hydrogen) atoms. The number of alkyl halides is 3. The van der Waals surface area contributed by atoms with E-state index in [2.05, 4.69) is 15.3 Å². The number of aromatic nitrogens is 2. The zero-order valence-electron chi connectivity index (χ0n) is 17.7. The fraction of sp³-hybridized carbons (Fsp3) is 0.364. The van der Waals surface area contributed by atoms with Gasteiger partial charge < -0.3 is 9.72 Å². The van der Waals surface area contributed by atoms with Crippen LogP contribution in [0.1, 0.15) is 37.1 Å². The largest absolute Gasteiger partial charge is 0.493 e. The molecular formula is C22H19ClF5N3O2. The van der Waals surface area contributed by atoms with Gasteiger partial charge in [-0.1, -0.05) is 24.6 Å². The van der Waals surface area contributed by atoms with Crippen molar-refractivity contribution in [1.29, 1.82) is 0 Å². The van der Waals surface area contributed by atoms with E-state index in [1.165, 1.54) is 25.3 Å². The van der Waals surface area contributed by atoms with Crippen LogP contribution in [-0.4, -0.2) is 28.8 Å². The van der Waals surface area contributed by atoms with Gasteiger partial charge in [-0.15, -0.1) is 0 Å². The molecule has 4 atom stereocenters. The van der Waals surface area contributed by atoms with E-state index in [1.807, 2.05) is 0 Å². The Balaban J connectivity index is 1.97. The number of hydrogen-bond acceptors (Lipinski definition) is 4. The van der Waals surface area contributed by atoms with Crippen LogP contribution in [0, 0.1) is 17.6 Å². The molecule has 2 aromatic heterocycles. The minimum Gasteiger partial charge on any atom is -0.493 e. The zero-order valence-corrected chi connectivity index (χ0v) is 18.4. The second-order valence-corrected chi connectivity index (χ2v) is 8.59. The lowest BCUT2D eigenvalue weighted by Crippen LogP contribution is -2.54. The van der Waals surface area contributed by atoms with E-state index < -0.39 is 52.4 Å². The predicted octanol–water partition coefficient (Wildman–Crippen LogP) is 5.25. The molecule has 11 heteroatoms. The van der Waals surface area contributed by atoms with Crippen molar-refractivity contribution in [2.75, 3.05) is 7.11 Å². The molecule has 4 rings (SSSR count). The molecule has 0 bridgehead atoms. The second kappa shape index (κ2) is 7.95. The van der Waals surface area contributed by atoms with Crippen LogP contribution in [0.2, 0.25) is 5.15 Å². The van der Waals surface area contributed by atoms with Gasteiger partial charge in [-0.2, -0.15) is 17.6 Å². The van der Waals surface area contributed by atoms with Crippen LogP contribution in [-0.2, 0) is 0 Å². The summed E-state index contributed by atoms with van der Waals surface area (Å²) in [6.45, 7) is 2.36. The number of halogens is 6. The van der Waals surface area contributed by atoms with Crippen molar-refractivity contribution in [1.82, 2.24) is 15.3 Å². The van der Waals surface area contributed by atoms with Gasteiger partial charge in [-0.25, -0.2) is 9.37 Å². The lowest BCUT2D eigenvalue weighted by Gasteiger charge is -2.33. The van der Waals surface area contributed by atoms with Crippen LogP contribution < -0.4 is 15.5 Å². The Hall–Kier alpha value is -2.72. The Morgan fingerprint density at radius 1 is 1.21 bits per heavy atom. The number of ether oxygens (including phenoxy) is 1. The van der Waals surface area contributed by atoms with Crippen molar-refractivity contribution in [3.8, 4) is 5.75 Å². The van der Waals surface area contributed by atoms with Crippen LogP contribution in [0.4, 0.5) is 22.0 Å². The molecule has 0 radical (unpaired) electrons. The number of hydrogen-bond donors (Lipinski definition) is 2. The van der Waals surface area contributed by atoms with Gasteiger partial charge in [-0.05, 0) is 25.0 Å². The van der Waals surface area contributed by atoms with E-state index >= 15 is 0 Å². The molecule has 3 aromatic rings. The van der Waals surface area contributed by atoms with Crippen LogP contribution in [0.5, 0.6) is 5.75 Å². The standard InChI is InChI=1S/C22H19ClF5N3O2/c1-9-15(10-4-5-11(24)17(25)19(10)33-3)18(31-21(9,2)22(26,27)28)13-8-14(32)16-12(30-13)6-7-29-20(16)23/h4-9,15,18,31H,1-3H3,(H,30,32). The highest BCUT2D eigenvalue weighted by molar-refractivity contribution is 6.34. The maximum atomic E-state index is 14.5. The minimum absolute atomic E-state index is 0.0445. The van der Waals surface area contributed by atoms with Gasteiger partial charge in [-0.3, -0.25) is 10.1 Å². The van der Waals surface area contributed by atoms with Crippen molar-refractivity contribution in [3.05, 3.63) is 68.7 Å². The Kier molecular flexibility index (Phi) is 5.65. The van der Waals surface area contributed by atoms with E-state index in [0.29, 0.717) is 0 Å². The summed E-state index contributed by atoms with van der Waals surface area (Å²) in [4.78, 5) is 19.6. The molecule has 3 heterocycles. The minimum atomic E-state index is -4.68. The summed E-state index contributed by atoms with van der Waals surface area (Å²) in [6.07, 6.45) is -3.33. The molecule has 1 aliphatic rings. The first-order valence-electron chi connectivity index (χ1n) is 9.94. The van der Waals surface area contributed by atoms with Gasteiger partial charge in [0, 0.05) is 29.4 Å². The first-order chi connectivity index (χ1) is 15.4. The summed E-state index contributed by atoms with van der Waals surface area (Å²) < 4.78 is 75.9. The number of rotatable bonds is 3. The SMILES string of the molecule is COc1c(C2C(c3cc(=O)c4c(Cl)nccc4[nH]3)NC(C)(C(F)(F)F)C2C)ccc(F)c1F. The first kappa shape index (κ1) is 23.4. The number of aromatic amines is 1. The quantitative estimate of drug-likeness (QED) is 0.391. The van der Waals surface area contributed by atoms with Gasteiger partial charge in [0.25, 0.3) is 0 Å². The van der Waals surface area contributed by atoms with Gasteiger partial charge in [0.15, 0.2) is 17.0 Å². The summed E-state index contributed by atoms with van der Waals surface area (Å²) in [5, 5.41) is 2.64. The van der Waals surface area contributed by atoms with E-state index in [1.54, 1.807) is 0 Å². The fourth-order valence-corrected chi connectivity index (χ4v) is 4.87. The highest BCUT2D eigenvalue weighted by atomic mass is 35.5. The third-order valence-corrected chi connectivity index (χ3v) is 6.83. The smallest absolute Gasteiger partial charge is 0.406 e. The van der Waals surface area contributed by atoms with Gasteiger partial charge >= 0.3 is 6.18 Å². The molecule has 0 amide bonds. The average Bonchev–Trinajstić information content (AvgIpc) is 3.02. The topological polar surface area (TPSA) is 67.0 Å². The van der Waals surface area contributed by atoms with Gasteiger partial charge in [0.2, 0.25) is 5.82 Å². The summed E-state index contributed by atoms with van der Waals surface area (Å²) >= 11 is 6.01. The molecule has 0 spiro atoms. The molecule has 1 fully saturated rings. The third kappa shape index (κ3) is 3.56. The van der Waals surface area contributed by atoms with Crippen molar-refractivity contribution >= 4 is 22.5 Å². The van der Waals surface area contributed by atoms with E-state index in [0.717, 1.165) is 26.2 Å². The summed E-state index contributed by atoms with van der Waals surface area (Å²) in [6, 6.07) is 3.54. The van der Waals surface area contributed by atoms with E-state index in [4.69, 9.17) is 16.3 Å². The second-order valence-electron chi connectivity index (χ2n) is 8.23. The summed E-state index contributed by atoms with van der Waals surface area (Å²) in [7, 11) is 1.11. The van der Waals surface area contributed by atoms with Crippen molar-refractivity contribution in [3.63, 3.8) is 0 Å². The molecular weight excluding hydrogens is 469 g/mol. The Morgan fingerprint density at radius 2 is 1.91 bits per heavy atom. The number of benzene rings is 1. The monoisotopic (exact) mass is 487 g/mol. The van der Waals surface area contributed by atoms with E-state index in [-0.39, 0.29) is 27.3 Å². The predicted molar refractivity (Wildman–Crippen MR) is 113 cm³/mol. The molecule has 176 valence electrons.